The predicted octanol–water partition coefficient (Wildman–Crippen LogP) is 4.18. The topological polar surface area (TPSA) is 88.5 Å². The molecule has 0 bridgehead atoms. The number of fused-ring (bicyclic) bond motifs is 1. The van der Waals surface area contributed by atoms with Crippen molar-refractivity contribution in [2.45, 2.75) is 19.6 Å². The van der Waals surface area contributed by atoms with E-state index in [0.717, 1.165) is 12.1 Å². The molecule has 1 amide bonds. The molecule has 0 radical (unpaired) electrons. The number of amides is 1. The third kappa shape index (κ3) is 3.11. The zero-order chi connectivity index (χ0) is 19.1. The van der Waals surface area contributed by atoms with E-state index in [-0.39, 0.29) is 29.3 Å². The molecule has 3 aromatic rings. The molecule has 8 heteroatoms. The molecule has 0 atom stereocenters. The van der Waals surface area contributed by atoms with Crippen LogP contribution in [0.25, 0.3) is 11.0 Å². The fourth-order valence-electron chi connectivity index (χ4n) is 2.81. The van der Waals surface area contributed by atoms with Gasteiger partial charge in [-0.15, -0.1) is 0 Å². The molecule has 0 unspecified atom stereocenters. The molecule has 1 heterocycles. The molecule has 136 valence electrons. The minimum Gasteiger partial charge on any atom is -0.508 e. The molecule has 0 saturated carbocycles. The summed E-state index contributed by atoms with van der Waals surface area (Å²) in [5.74, 6) is -0.473. The standard InChI is InChI=1S/C18H15F3N2O3/c1-9-15(16-12(8-22)13(24)5-6-14(16)26-9)17(25)23-11-4-2-3-10(7-11)18(19,20)21/h2-7,24H,8,22H2,1H3,(H,23,25). The van der Waals surface area contributed by atoms with Crippen molar-refractivity contribution in [3.63, 3.8) is 0 Å². The van der Waals surface area contributed by atoms with Gasteiger partial charge in [-0.3, -0.25) is 4.79 Å². The number of aromatic hydroxyl groups is 1. The second-order valence-corrected chi connectivity index (χ2v) is 5.71. The van der Waals surface area contributed by atoms with Crippen molar-refractivity contribution in [1.29, 1.82) is 0 Å². The number of hydrogen-bond donors (Lipinski definition) is 3. The van der Waals surface area contributed by atoms with Gasteiger partial charge >= 0.3 is 6.18 Å². The van der Waals surface area contributed by atoms with Crippen molar-refractivity contribution >= 4 is 22.6 Å². The molecular formula is C18H15F3N2O3. The molecule has 0 saturated heterocycles. The number of alkyl halides is 3. The van der Waals surface area contributed by atoms with E-state index in [1.807, 2.05) is 0 Å². The molecule has 2 aromatic carbocycles. The summed E-state index contributed by atoms with van der Waals surface area (Å²) < 4.78 is 44.0. The van der Waals surface area contributed by atoms with Crippen molar-refractivity contribution in [2.24, 2.45) is 5.73 Å². The lowest BCUT2D eigenvalue weighted by molar-refractivity contribution is -0.137. The number of benzene rings is 2. The van der Waals surface area contributed by atoms with Crippen molar-refractivity contribution in [1.82, 2.24) is 0 Å². The van der Waals surface area contributed by atoms with Gasteiger partial charge in [0, 0.05) is 23.2 Å². The van der Waals surface area contributed by atoms with Gasteiger partial charge in [-0.1, -0.05) is 6.07 Å². The number of nitrogens with one attached hydrogen (secondary N) is 1. The first-order chi connectivity index (χ1) is 12.2. The van der Waals surface area contributed by atoms with Gasteiger partial charge < -0.3 is 20.6 Å². The van der Waals surface area contributed by atoms with E-state index in [4.69, 9.17) is 10.2 Å². The van der Waals surface area contributed by atoms with Gasteiger partial charge in [-0.25, -0.2) is 0 Å². The number of phenolic OH excluding ortho intramolecular Hbond substituents is 1. The second kappa shape index (κ2) is 6.38. The van der Waals surface area contributed by atoms with E-state index in [2.05, 4.69) is 5.32 Å². The summed E-state index contributed by atoms with van der Waals surface area (Å²) in [4.78, 5) is 12.7. The number of carbonyl (C=O) groups excluding carboxylic acids is 1. The quantitative estimate of drug-likeness (QED) is 0.651. The molecule has 0 aliphatic heterocycles. The van der Waals surface area contributed by atoms with Crippen LogP contribution in [0.5, 0.6) is 5.75 Å². The zero-order valence-corrected chi connectivity index (χ0v) is 13.6. The molecule has 0 aliphatic rings. The third-order valence-corrected chi connectivity index (χ3v) is 3.99. The Morgan fingerprint density at radius 2 is 2.00 bits per heavy atom. The Morgan fingerprint density at radius 3 is 2.65 bits per heavy atom. The number of aryl methyl sites for hydroxylation is 1. The highest BCUT2D eigenvalue weighted by Crippen LogP contribution is 2.34. The van der Waals surface area contributed by atoms with Crippen molar-refractivity contribution < 1.29 is 27.5 Å². The highest BCUT2D eigenvalue weighted by Gasteiger charge is 2.30. The summed E-state index contributed by atoms with van der Waals surface area (Å²) in [5.41, 5.74) is 5.58. The number of carbonyl (C=O) groups is 1. The Labute approximate surface area is 146 Å². The normalized spacial score (nSPS) is 11.7. The monoisotopic (exact) mass is 364 g/mol. The molecule has 1 aromatic heterocycles. The molecule has 0 aliphatic carbocycles. The van der Waals surface area contributed by atoms with Crippen molar-refractivity contribution in [2.75, 3.05) is 5.32 Å². The first-order valence-corrected chi connectivity index (χ1v) is 7.65. The number of anilines is 1. The van der Waals surface area contributed by atoms with Crippen LogP contribution in [0.2, 0.25) is 0 Å². The smallest absolute Gasteiger partial charge is 0.416 e. The van der Waals surface area contributed by atoms with E-state index in [9.17, 15) is 23.1 Å². The lowest BCUT2D eigenvalue weighted by atomic mass is 10.0. The summed E-state index contributed by atoms with van der Waals surface area (Å²) in [6.45, 7) is 1.52. The van der Waals surface area contributed by atoms with E-state index in [1.54, 1.807) is 6.92 Å². The largest absolute Gasteiger partial charge is 0.508 e. The van der Waals surface area contributed by atoms with Gasteiger partial charge in [-0.2, -0.15) is 13.2 Å². The minimum absolute atomic E-state index is 0.00646. The minimum atomic E-state index is -4.52. The van der Waals surface area contributed by atoms with Crippen LogP contribution in [0.15, 0.2) is 40.8 Å². The fraction of sp³-hybridized carbons (Fsp3) is 0.167. The lowest BCUT2D eigenvalue weighted by Crippen LogP contribution is -2.14. The molecule has 26 heavy (non-hydrogen) atoms. The van der Waals surface area contributed by atoms with Gasteiger partial charge in [0.25, 0.3) is 5.91 Å². The van der Waals surface area contributed by atoms with Gasteiger partial charge in [-0.05, 0) is 37.3 Å². The average Bonchev–Trinajstić information content (AvgIpc) is 2.90. The number of nitrogens with two attached hydrogens (primary N) is 1. The number of phenols is 1. The Kier molecular flexibility index (Phi) is 4.37. The maximum atomic E-state index is 12.8. The first-order valence-electron chi connectivity index (χ1n) is 7.65. The summed E-state index contributed by atoms with van der Waals surface area (Å²) in [6.07, 6.45) is -4.52. The summed E-state index contributed by atoms with van der Waals surface area (Å²) in [6, 6.07) is 7.22. The highest BCUT2D eigenvalue weighted by molar-refractivity contribution is 6.14. The molecule has 3 rings (SSSR count). The number of furan rings is 1. The Balaban J connectivity index is 2.04. The maximum Gasteiger partial charge on any atom is 0.416 e. The molecular weight excluding hydrogens is 349 g/mol. The van der Waals surface area contributed by atoms with Gasteiger partial charge in [0.15, 0.2) is 0 Å². The van der Waals surface area contributed by atoms with E-state index in [1.165, 1.54) is 24.3 Å². The summed E-state index contributed by atoms with van der Waals surface area (Å²) in [5, 5.41) is 12.7. The van der Waals surface area contributed by atoms with Crippen LogP contribution < -0.4 is 11.1 Å². The number of hydrogen-bond acceptors (Lipinski definition) is 4. The SMILES string of the molecule is Cc1oc2ccc(O)c(CN)c2c1C(=O)Nc1cccc(C(F)(F)F)c1. The van der Waals surface area contributed by atoms with E-state index >= 15 is 0 Å². The van der Waals surface area contributed by atoms with Crippen molar-refractivity contribution in [3.05, 3.63) is 58.8 Å². The predicted molar refractivity (Wildman–Crippen MR) is 89.9 cm³/mol. The summed E-state index contributed by atoms with van der Waals surface area (Å²) >= 11 is 0. The van der Waals surface area contributed by atoms with Crippen LogP contribution >= 0.6 is 0 Å². The Hall–Kier alpha value is -3.00. The molecule has 5 nitrogen and oxygen atoms in total. The molecule has 0 spiro atoms. The van der Waals surface area contributed by atoms with Gasteiger partial charge in [0.2, 0.25) is 0 Å². The van der Waals surface area contributed by atoms with Crippen LogP contribution in [0, 0.1) is 6.92 Å². The average molecular weight is 364 g/mol. The Morgan fingerprint density at radius 1 is 1.27 bits per heavy atom. The van der Waals surface area contributed by atoms with Crippen LogP contribution in [0.4, 0.5) is 18.9 Å². The third-order valence-electron chi connectivity index (χ3n) is 3.99. The molecule has 4 N–H and O–H groups in total. The highest BCUT2D eigenvalue weighted by atomic mass is 19.4. The van der Waals surface area contributed by atoms with E-state index in [0.29, 0.717) is 16.5 Å². The van der Waals surface area contributed by atoms with Crippen LogP contribution in [-0.4, -0.2) is 11.0 Å². The number of rotatable bonds is 3. The molecule has 0 fully saturated rings. The lowest BCUT2D eigenvalue weighted by Gasteiger charge is -2.10. The van der Waals surface area contributed by atoms with Crippen LogP contribution in [0.3, 0.4) is 0 Å². The van der Waals surface area contributed by atoms with Crippen LogP contribution in [-0.2, 0) is 12.7 Å². The first kappa shape index (κ1) is 17.8. The van der Waals surface area contributed by atoms with Crippen molar-refractivity contribution in [3.8, 4) is 5.75 Å². The van der Waals surface area contributed by atoms with Gasteiger partial charge in [0.1, 0.15) is 17.1 Å². The zero-order valence-electron chi connectivity index (χ0n) is 13.6. The van der Waals surface area contributed by atoms with Crippen LogP contribution in [0.1, 0.15) is 27.2 Å². The van der Waals surface area contributed by atoms with Gasteiger partial charge in [0.05, 0.1) is 11.1 Å². The fourth-order valence-corrected chi connectivity index (χ4v) is 2.81. The maximum absolute atomic E-state index is 12.8. The number of halogens is 3. The Bertz CT molecular complexity index is 993. The second-order valence-electron chi connectivity index (χ2n) is 5.71. The van der Waals surface area contributed by atoms with E-state index < -0.39 is 17.6 Å². The summed E-state index contributed by atoms with van der Waals surface area (Å²) in [7, 11) is 0.